The van der Waals surface area contributed by atoms with Crippen LogP contribution in [0, 0.1) is 12.8 Å². The molecule has 0 saturated carbocycles. The average molecular weight is 321 g/mol. The molecule has 0 bridgehead atoms. The molecule has 6 nitrogen and oxygen atoms in total. The van der Waals surface area contributed by atoms with Crippen molar-refractivity contribution in [2.45, 2.75) is 39.8 Å². The summed E-state index contributed by atoms with van der Waals surface area (Å²) in [4.78, 5) is 23.5. The highest BCUT2D eigenvalue weighted by molar-refractivity contribution is 5.87. The first-order valence-corrected chi connectivity index (χ1v) is 7.81. The zero-order valence-electron chi connectivity index (χ0n) is 14.3. The van der Waals surface area contributed by atoms with Crippen molar-refractivity contribution in [2.24, 2.45) is 11.7 Å². The lowest BCUT2D eigenvalue weighted by Crippen LogP contribution is -2.48. The third-order valence-electron chi connectivity index (χ3n) is 3.34. The molecule has 0 aliphatic carbocycles. The van der Waals surface area contributed by atoms with Gasteiger partial charge in [0.2, 0.25) is 11.8 Å². The summed E-state index contributed by atoms with van der Waals surface area (Å²) in [6.45, 7) is 7.81. The van der Waals surface area contributed by atoms with E-state index in [9.17, 15) is 9.59 Å². The topological polar surface area (TPSA) is 93.5 Å². The minimum Gasteiger partial charge on any atom is -0.491 e. The number of hydrogen-bond acceptors (Lipinski definition) is 4. The second-order valence-electron chi connectivity index (χ2n) is 6.08. The number of hydrogen-bond donors (Lipinski definition) is 3. The summed E-state index contributed by atoms with van der Waals surface area (Å²) in [5.74, 6) is 0.204. The standard InChI is InChI=1S/C17H27N3O3/c1-11(2)16(18)17(22)19-9-15(21)20-13(4)10-23-14-7-5-6-12(3)8-14/h5-8,11,13,16H,9-10,18H2,1-4H3,(H,19,22)(H,20,21)/t13?,16-/m0/s1. The monoisotopic (exact) mass is 321 g/mol. The van der Waals surface area contributed by atoms with Crippen molar-refractivity contribution in [1.82, 2.24) is 10.6 Å². The fraction of sp³-hybridized carbons (Fsp3) is 0.529. The Labute approximate surface area is 137 Å². The van der Waals surface area contributed by atoms with E-state index in [0.29, 0.717) is 6.61 Å². The lowest BCUT2D eigenvalue weighted by atomic mass is 10.1. The van der Waals surface area contributed by atoms with Crippen LogP contribution in [0.1, 0.15) is 26.3 Å². The highest BCUT2D eigenvalue weighted by atomic mass is 16.5. The van der Waals surface area contributed by atoms with Crippen LogP contribution in [0.5, 0.6) is 5.75 Å². The largest absolute Gasteiger partial charge is 0.491 e. The van der Waals surface area contributed by atoms with Gasteiger partial charge in [-0.05, 0) is 37.5 Å². The lowest BCUT2D eigenvalue weighted by Gasteiger charge is -2.17. The molecule has 0 spiro atoms. The minimum atomic E-state index is -0.607. The first-order chi connectivity index (χ1) is 10.8. The van der Waals surface area contributed by atoms with Gasteiger partial charge in [-0.25, -0.2) is 0 Å². The molecule has 128 valence electrons. The number of nitrogens with one attached hydrogen (secondary N) is 2. The van der Waals surface area contributed by atoms with Gasteiger partial charge < -0.3 is 21.1 Å². The second-order valence-corrected chi connectivity index (χ2v) is 6.08. The van der Waals surface area contributed by atoms with Gasteiger partial charge in [0.05, 0.1) is 18.6 Å². The number of carbonyl (C=O) groups excluding carboxylic acids is 2. The zero-order chi connectivity index (χ0) is 17.4. The van der Waals surface area contributed by atoms with Gasteiger partial charge in [0.1, 0.15) is 12.4 Å². The van der Waals surface area contributed by atoms with Crippen LogP contribution in [0.4, 0.5) is 0 Å². The van der Waals surface area contributed by atoms with Crippen molar-refractivity contribution in [3.8, 4) is 5.75 Å². The van der Waals surface area contributed by atoms with Gasteiger partial charge in [-0.3, -0.25) is 9.59 Å². The first-order valence-electron chi connectivity index (χ1n) is 7.81. The highest BCUT2D eigenvalue weighted by Gasteiger charge is 2.18. The van der Waals surface area contributed by atoms with Crippen molar-refractivity contribution in [3.63, 3.8) is 0 Å². The molecule has 1 unspecified atom stereocenters. The molecule has 0 saturated heterocycles. The van der Waals surface area contributed by atoms with E-state index in [1.54, 1.807) is 0 Å². The molecule has 0 aromatic heterocycles. The van der Waals surface area contributed by atoms with Gasteiger partial charge in [-0.15, -0.1) is 0 Å². The molecule has 0 fully saturated rings. The molecule has 2 amide bonds. The molecule has 1 aromatic rings. The summed E-state index contributed by atoms with van der Waals surface area (Å²) in [5.41, 5.74) is 6.82. The van der Waals surface area contributed by atoms with Crippen LogP contribution in [0.3, 0.4) is 0 Å². The Morgan fingerprint density at radius 2 is 1.96 bits per heavy atom. The van der Waals surface area contributed by atoms with Crippen LogP contribution >= 0.6 is 0 Å². The third-order valence-corrected chi connectivity index (χ3v) is 3.34. The molecular weight excluding hydrogens is 294 g/mol. The van der Waals surface area contributed by atoms with E-state index >= 15 is 0 Å². The Morgan fingerprint density at radius 3 is 2.57 bits per heavy atom. The fourth-order valence-electron chi connectivity index (χ4n) is 1.88. The Morgan fingerprint density at radius 1 is 1.26 bits per heavy atom. The molecule has 1 aromatic carbocycles. The minimum absolute atomic E-state index is 0.0275. The van der Waals surface area contributed by atoms with E-state index in [0.717, 1.165) is 11.3 Å². The van der Waals surface area contributed by atoms with Gasteiger partial charge in [0.15, 0.2) is 0 Å². The van der Waals surface area contributed by atoms with Crippen molar-refractivity contribution in [1.29, 1.82) is 0 Å². The third kappa shape index (κ3) is 7.15. The number of amides is 2. The van der Waals surface area contributed by atoms with Crippen molar-refractivity contribution in [3.05, 3.63) is 29.8 Å². The molecule has 0 heterocycles. The van der Waals surface area contributed by atoms with Crippen molar-refractivity contribution >= 4 is 11.8 Å². The summed E-state index contributed by atoms with van der Waals surface area (Å²) >= 11 is 0. The smallest absolute Gasteiger partial charge is 0.239 e. The Hall–Kier alpha value is -2.08. The maximum atomic E-state index is 11.8. The zero-order valence-corrected chi connectivity index (χ0v) is 14.3. The normalized spacial score (nSPS) is 13.3. The molecule has 0 aliphatic heterocycles. The van der Waals surface area contributed by atoms with Crippen LogP contribution in [-0.2, 0) is 9.59 Å². The number of carbonyl (C=O) groups is 2. The van der Waals surface area contributed by atoms with Crippen LogP contribution < -0.4 is 21.1 Å². The van der Waals surface area contributed by atoms with E-state index < -0.39 is 6.04 Å². The molecule has 0 aliphatic rings. The average Bonchev–Trinajstić information content (AvgIpc) is 2.49. The molecule has 0 radical (unpaired) electrons. The summed E-state index contributed by atoms with van der Waals surface area (Å²) in [6, 6.07) is 6.94. The number of ether oxygens (including phenoxy) is 1. The molecule has 23 heavy (non-hydrogen) atoms. The second kappa shape index (κ2) is 9.15. The van der Waals surface area contributed by atoms with Crippen LogP contribution in [0.15, 0.2) is 24.3 Å². The SMILES string of the molecule is Cc1cccc(OCC(C)NC(=O)CNC(=O)[C@@H](N)C(C)C)c1. The van der Waals surface area contributed by atoms with E-state index in [4.69, 9.17) is 10.5 Å². The van der Waals surface area contributed by atoms with Gasteiger partial charge >= 0.3 is 0 Å². The quantitative estimate of drug-likeness (QED) is 0.665. The number of nitrogens with two attached hydrogens (primary N) is 1. The summed E-state index contributed by atoms with van der Waals surface area (Å²) in [6.07, 6.45) is 0. The molecule has 6 heteroatoms. The molecular formula is C17H27N3O3. The van der Waals surface area contributed by atoms with Gasteiger partial charge in [-0.1, -0.05) is 26.0 Å². The van der Waals surface area contributed by atoms with Crippen LogP contribution in [0.25, 0.3) is 0 Å². The van der Waals surface area contributed by atoms with E-state index in [1.165, 1.54) is 0 Å². The Kier molecular flexibility index (Phi) is 7.54. The molecule has 2 atom stereocenters. The van der Waals surface area contributed by atoms with Crippen molar-refractivity contribution < 1.29 is 14.3 Å². The fourth-order valence-corrected chi connectivity index (χ4v) is 1.88. The number of aryl methyl sites for hydroxylation is 1. The van der Waals surface area contributed by atoms with Gasteiger partial charge in [0.25, 0.3) is 0 Å². The number of rotatable bonds is 8. The predicted molar refractivity (Wildman–Crippen MR) is 90.1 cm³/mol. The Bertz CT molecular complexity index is 532. The van der Waals surface area contributed by atoms with Gasteiger partial charge in [0, 0.05) is 0 Å². The van der Waals surface area contributed by atoms with E-state index in [2.05, 4.69) is 10.6 Å². The predicted octanol–water partition coefficient (Wildman–Crippen LogP) is 0.978. The summed E-state index contributed by atoms with van der Waals surface area (Å²) in [5, 5.41) is 5.30. The van der Waals surface area contributed by atoms with Crippen LogP contribution in [-0.4, -0.2) is 37.0 Å². The van der Waals surface area contributed by atoms with E-state index in [-0.39, 0.29) is 30.3 Å². The number of benzene rings is 1. The summed E-state index contributed by atoms with van der Waals surface area (Å²) in [7, 11) is 0. The Balaban J connectivity index is 2.29. The lowest BCUT2D eigenvalue weighted by molar-refractivity contribution is -0.127. The first kappa shape index (κ1) is 19.0. The van der Waals surface area contributed by atoms with E-state index in [1.807, 2.05) is 52.0 Å². The maximum Gasteiger partial charge on any atom is 0.239 e. The molecule has 1 rings (SSSR count). The summed E-state index contributed by atoms with van der Waals surface area (Å²) < 4.78 is 5.62. The van der Waals surface area contributed by atoms with Crippen LogP contribution in [0.2, 0.25) is 0 Å². The van der Waals surface area contributed by atoms with Gasteiger partial charge in [-0.2, -0.15) is 0 Å². The maximum absolute atomic E-state index is 11.8. The highest BCUT2D eigenvalue weighted by Crippen LogP contribution is 2.12. The molecule has 4 N–H and O–H groups in total. The van der Waals surface area contributed by atoms with Crippen molar-refractivity contribution in [2.75, 3.05) is 13.2 Å².